The standard InChI is InChI=1S/C16H14N2O2S/c1-10-15(11(2)20-18-10)13-8-9-14(21-13)16(19)17-12-6-4-3-5-7-12/h3-9H,1-2H3,(H,17,19). The first kappa shape index (κ1) is 13.6. The third-order valence-corrected chi connectivity index (χ3v) is 4.24. The lowest BCUT2D eigenvalue weighted by Gasteiger charge is -2.02. The lowest BCUT2D eigenvalue weighted by Crippen LogP contribution is -2.09. The van der Waals surface area contributed by atoms with Crippen LogP contribution in [0.15, 0.2) is 47.0 Å². The minimum Gasteiger partial charge on any atom is -0.361 e. The predicted molar refractivity (Wildman–Crippen MR) is 83.7 cm³/mol. The Bertz CT molecular complexity index is 755. The zero-order valence-electron chi connectivity index (χ0n) is 11.7. The summed E-state index contributed by atoms with van der Waals surface area (Å²) < 4.78 is 5.17. The molecule has 0 saturated heterocycles. The number of aromatic nitrogens is 1. The van der Waals surface area contributed by atoms with Crippen LogP contribution in [0.5, 0.6) is 0 Å². The Labute approximate surface area is 126 Å². The number of rotatable bonds is 3. The number of benzene rings is 1. The molecule has 0 fully saturated rings. The summed E-state index contributed by atoms with van der Waals surface area (Å²) in [5, 5.41) is 6.82. The van der Waals surface area contributed by atoms with Gasteiger partial charge in [0.1, 0.15) is 5.76 Å². The number of anilines is 1. The van der Waals surface area contributed by atoms with Crippen LogP contribution < -0.4 is 5.32 Å². The number of nitrogens with zero attached hydrogens (tertiary/aromatic N) is 1. The van der Waals surface area contributed by atoms with Crippen LogP contribution in [-0.2, 0) is 0 Å². The van der Waals surface area contributed by atoms with Gasteiger partial charge in [-0.1, -0.05) is 23.4 Å². The molecule has 0 atom stereocenters. The van der Waals surface area contributed by atoms with Gasteiger partial charge >= 0.3 is 0 Å². The van der Waals surface area contributed by atoms with E-state index in [0.29, 0.717) is 4.88 Å². The second-order valence-corrected chi connectivity index (χ2v) is 5.77. The summed E-state index contributed by atoms with van der Waals surface area (Å²) in [5.41, 5.74) is 2.60. The smallest absolute Gasteiger partial charge is 0.265 e. The van der Waals surface area contributed by atoms with Gasteiger partial charge in [0.25, 0.3) is 5.91 Å². The highest BCUT2D eigenvalue weighted by Crippen LogP contribution is 2.33. The van der Waals surface area contributed by atoms with Crippen LogP contribution in [-0.4, -0.2) is 11.1 Å². The van der Waals surface area contributed by atoms with E-state index in [0.717, 1.165) is 27.6 Å². The number of thiophene rings is 1. The minimum atomic E-state index is -0.107. The van der Waals surface area contributed by atoms with Crippen molar-refractivity contribution < 1.29 is 9.32 Å². The molecule has 0 saturated carbocycles. The van der Waals surface area contributed by atoms with Gasteiger partial charge in [-0.2, -0.15) is 0 Å². The van der Waals surface area contributed by atoms with Gasteiger partial charge in [0.15, 0.2) is 0 Å². The van der Waals surface area contributed by atoms with Crippen molar-refractivity contribution in [2.24, 2.45) is 0 Å². The topological polar surface area (TPSA) is 55.1 Å². The van der Waals surface area contributed by atoms with Gasteiger partial charge in [-0.25, -0.2) is 0 Å². The van der Waals surface area contributed by atoms with Crippen molar-refractivity contribution in [1.82, 2.24) is 5.16 Å². The highest BCUT2D eigenvalue weighted by atomic mass is 32.1. The fourth-order valence-corrected chi connectivity index (χ4v) is 3.19. The quantitative estimate of drug-likeness (QED) is 0.785. The number of carbonyl (C=O) groups is 1. The summed E-state index contributed by atoms with van der Waals surface area (Å²) in [6, 6.07) is 13.2. The van der Waals surface area contributed by atoms with E-state index in [-0.39, 0.29) is 5.91 Å². The van der Waals surface area contributed by atoms with Crippen LogP contribution in [0.25, 0.3) is 10.4 Å². The fourth-order valence-electron chi connectivity index (χ4n) is 2.14. The van der Waals surface area contributed by atoms with Crippen LogP contribution in [0.3, 0.4) is 0 Å². The average molecular weight is 298 g/mol. The number of amides is 1. The van der Waals surface area contributed by atoms with Crippen LogP contribution in [0.2, 0.25) is 0 Å². The highest BCUT2D eigenvalue weighted by Gasteiger charge is 2.16. The Hall–Kier alpha value is -2.40. The first-order valence-corrected chi connectivity index (χ1v) is 7.36. The maximum atomic E-state index is 12.2. The van der Waals surface area contributed by atoms with Gasteiger partial charge in [0, 0.05) is 10.6 Å². The molecule has 0 radical (unpaired) electrons. The Morgan fingerprint density at radius 1 is 1.14 bits per heavy atom. The number of carbonyl (C=O) groups excluding carboxylic acids is 1. The van der Waals surface area contributed by atoms with Gasteiger partial charge < -0.3 is 9.84 Å². The van der Waals surface area contributed by atoms with Gasteiger partial charge in [-0.15, -0.1) is 11.3 Å². The van der Waals surface area contributed by atoms with E-state index in [1.807, 2.05) is 56.3 Å². The molecule has 1 N–H and O–H groups in total. The Morgan fingerprint density at radius 2 is 1.90 bits per heavy atom. The number of hydrogen-bond donors (Lipinski definition) is 1. The van der Waals surface area contributed by atoms with E-state index in [1.54, 1.807) is 0 Å². The minimum absolute atomic E-state index is 0.107. The molecule has 3 rings (SSSR count). The van der Waals surface area contributed by atoms with Crippen LogP contribution in [0, 0.1) is 13.8 Å². The molecule has 2 aromatic heterocycles. The van der Waals surface area contributed by atoms with Crippen molar-refractivity contribution in [3.8, 4) is 10.4 Å². The molecule has 3 aromatic rings. The molecule has 0 aliphatic carbocycles. The van der Waals surface area contributed by atoms with E-state index in [1.165, 1.54) is 11.3 Å². The summed E-state index contributed by atoms with van der Waals surface area (Å²) in [6.07, 6.45) is 0. The average Bonchev–Trinajstić information content (AvgIpc) is 3.07. The largest absolute Gasteiger partial charge is 0.361 e. The fraction of sp³-hybridized carbons (Fsp3) is 0.125. The van der Waals surface area contributed by atoms with Gasteiger partial charge in [-0.05, 0) is 38.1 Å². The Kier molecular flexibility index (Phi) is 3.58. The summed E-state index contributed by atoms with van der Waals surface area (Å²) in [7, 11) is 0. The molecule has 5 heteroatoms. The van der Waals surface area contributed by atoms with Gasteiger partial charge in [-0.3, -0.25) is 4.79 Å². The summed E-state index contributed by atoms with van der Waals surface area (Å²) in [4.78, 5) is 13.9. The van der Waals surface area contributed by atoms with E-state index in [9.17, 15) is 4.79 Å². The first-order chi connectivity index (χ1) is 10.1. The molecule has 0 aliphatic heterocycles. The van der Waals surface area contributed by atoms with Crippen molar-refractivity contribution in [3.63, 3.8) is 0 Å². The van der Waals surface area contributed by atoms with Crippen molar-refractivity contribution in [2.45, 2.75) is 13.8 Å². The number of nitrogens with one attached hydrogen (secondary N) is 1. The zero-order chi connectivity index (χ0) is 14.8. The molecule has 0 bridgehead atoms. The summed E-state index contributed by atoms with van der Waals surface area (Å²) in [5.74, 6) is 0.661. The third kappa shape index (κ3) is 2.73. The number of para-hydroxylation sites is 1. The highest BCUT2D eigenvalue weighted by molar-refractivity contribution is 7.17. The lowest BCUT2D eigenvalue weighted by molar-refractivity contribution is 0.103. The van der Waals surface area contributed by atoms with Crippen LogP contribution in [0.1, 0.15) is 21.1 Å². The summed E-state index contributed by atoms with van der Waals surface area (Å²) >= 11 is 1.43. The van der Waals surface area contributed by atoms with Crippen LogP contribution >= 0.6 is 11.3 Å². The van der Waals surface area contributed by atoms with E-state index < -0.39 is 0 Å². The second kappa shape index (κ2) is 5.54. The maximum absolute atomic E-state index is 12.2. The predicted octanol–water partition coefficient (Wildman–Crippen LogP) is 4.27. The van der Waals surface area contributed by atoms with E-state index in [4.69, 9.17) is 4.52 Å². The zero-order valence-corrected chi connectivity index (χ0v) is 12.5. The second-order valence-electron chi connectivity index (χ2n) is 4.68. The normalized spacial score (nSPS) is 10.6. The molecule has 2 heterocycles. The summed E-state index contributed by atoms with van der Waals surface area (Å²) in [6.45, 7) is 3.77. The van der Waals surface area contributed by atoms with Crippen molar-refractivity contribution >= 4 is 22.9 Å². The van der Waals surface area contributed by atoms with E-state index >= 15 is 0 Å². The maximum Gasteiger partial charge on any atom is 0.265 e. The van der Waals surface area contributed by atoms with Crippen LogP contribution in [0.4, 0.5) is 5.69 Å². The lowest BCUT2D eigenvalue weighted by atomic mass is 10.2. The first-order valence-electron chi connectivity index (χ1n) is 6.54. The van der Waals surface area contributed by atoms with Crippen molar-refractivity contribution in [1.29, 1.82) is 0 Å². The molecule has 1 aromatic carbocycles. The molecular weight excluding hydrogens is 284 g/mol. The molecule has 0 aliphatic rings. The van der Waals surface area contributed by atoms with Gasteiger partial charge in [0.2, 0.25) is 0 Å². The Balaban J connectivity index is 1.84. The molecule has 0 unspecified atom stereocenters. The molecule has 0 spiro atoms. The van der Waals surface area contributed by atoms with Crippen molar-refractivity contribution in [3.05, 3.63) is 58.8 Å². The van der Waals surface area contributed by atoms with Gasteiger partial charge in [0.05, 0.1) is 16.1 Å². The van der Waals surface area contributed by atoms with Crippen molar-refractivity contribution in [2.75, 3.05) is 5.32 Å². The molecule has 106 valence electrons. The molecule has 21 heavy (non-hydrogen) atoms. The molecular formula is C16H14N2O2S. The molecule has 4 nitrogen and oxygen atoms in total. The number of hydrogen-bond acceptors (Lipinski definition) is 4. The SMILES string of the molecule is Cc1noc(C)c1-c1ccc(C(=O)Nc2ccccc2)s1. The van der Waals surface area contributed by atoms with E-state index in [2.05, 4.69) is 10.5 Å². The molecule has 1 amide bonds. The third-order valence-electron chi connectivity index (χ3n) is 3.14. The monoisotopic (exact) mass is 298 g/mol. The number of aryl methyl sites for hydroxylation is 2. The Morgan fingerprint density at radius 3 is 2.57 bits per heavy atom.